The number of ether oxygens (including phenoxy) is 1. The molecule has 0 aliphatic rings. The van der Waals surface area contributed by atoms with Gasteiger partial charge in [0.05, 0.1) is 11.9 Å². The zero-order chi connectivity index (χ0) is 19.3. The molecule has 1 N–H and O–H groups in total. The lowest BCUT2D eigenvalue weighted by atomic mass is 10.2. The van der Waals surface area contributed by atoms with Crippen LogP contribution in [0, 0.1) is 6.92 Å². The van der Waals surface area contributed by atoms with Crippen molar-refractivity contribution in [2.45, 2.75) is 19.8 Å². The highest BCUT2D eigenvalue weighted by atomic mass is 79.9. The highest BCUT2D eigenvalue weighted by Crippen LogP contribution is 2.33. The number of nitrogens with zero attached hydrogens (tertiary/aromatic N) is 3. The number of thiazole rings is 1. The average Bonchev–Trinajstić information content (AvgIpc) is 3.32. The van der Waals surface area contributed by atoms with Crippen molar-refractivity contribution in [3.05, 3.63) is 76.0 Å². The van der Waals surface area contributed by atoms with Gasteiger partial charge in [-0.25, -0.2) is 15.0 Å². The standard InChI is InChI=1S/C20H17BrN4O2S/c1-13-10-22-18(26-13)8-7-15-12-28-20(24-15)25-19-17(9-14(21)11-23-19)27-16-5-3-2-4-6-16/h2-6,9-12H,7-8H2,1H3,(H,23,24,25). The number of para-hydroxylation sites is 1. The summed E-state index contributed by atoms with van der Waals surface area (Å²) in [6, 6.07) is 11.5. The molecule has 0 bridgehead atoms. The summed E-state index contributed by atoms with van der Waals surface area (Å²) >= 11 is 4.97. The third-order valence-corrected chi connectivity index (χ3v) is 5.07. The number of benzene rings is 1. The lowest BCUT2D eigenvalue weighted by Gasteiger charge is -2.11. The van der Waals surface area contributed by atoms with E-state index >= 15 is 0 Å². The summed E-state index contributed by atoms with van der Waals surface area (Å²) in [5.41, 5.74) is 0.978. The maximum Gasteiger partial charge on any atom is 0.194 e. The number of pyridine rings is 1. The largest absolute Gasteiger partial charge is 0.453 e. The first-order chi connectivity index (χ1) is 13.7. The topological polar surface area (TPSA) is 73.1 Å². The van der Waals surface area contributed by atoms with E-state index in [9.17, 15) is 0 Å². The van der Waals surface area contributed by atoms with Crippen molar-refractivity contribution in [1.82, 2.24) is 15.0 Å². The number of rotatable bonds is 7. The predicted molar refractivity (Wildman–Crippen MR) is 112 cm³/mol. The minimum absolute atomic E-state index is 0.608. The van der Waals surface area contributed by atoms with Crippen LogP contribution in [0.3, 0.4) is 0 Å². The second-order valence-electron chi connectivity index (χ2n) is 6.05. The normalized spacial score (nSPS) is 10.8. The number of nitrogens with one attached hydrogen (secondary N) is 1. The third-order valence-electron chi connectivity index (χ3n) is 3.83. The summed E-state index contributed by atoms with van der Waals surface area (Å²) in [6.45, 7) is 1.89. The van der Waals surface area contributed by atoms with E-state index in [1.807, 2.05) is 48.7 Å². The van der Waals surface area contributed by atoms with Gasteiger partial charge in [-0.3, -0.25) is 0 Å². The fourth-order valence-electron chi connectivity index (χ4n) is 2.54. The molecule has 6 nitrogen and oxygen atoms in total. The lowest BCUT2D eigenvalue weighted by Crippen LogP contribution is -1.98. The van der Waals surface area contributed by atoms with Crippen molar-refractivity contribution in [3.63, 3.8) is 0 Å². The molecule has 142 valence electrons. The van der Waals surface area contributed by atoms with E-state index in [0.717, 1.165) is 45.5 Å². The minimum atomic E-state index is 0.608. The minimum Gasteiger partial charge on any atom is -0.453 e. The first-order valence-corrected chi connectivity index (χ1v) is 10.3. The van der Waals surface area contributed by atoms with Crippen LogP contribution in [-0.2, 0) is 12.8 Å². The maximum atomic E-state index is 5.98. The van der Waals surface area contributed by atoms with Gasteiger partial charge in [0, 0.05) is 28.5 Å². The lowest BCUT2D eigenvalue weighted by molar-refractivity contribution is 0.470. The number of hydrogen-bond donors (Lipinski definition) is 1. The summed E-state index contributed by atoms with van der Waals surface area (Å²) in [7, 11) is 0. The first kappa shape index (κ1) is 18.6. The highest BCUT2D eigenvalue weighted by molar-refractivity contribution is 9.10. The van der Waals surface area contributed by atoms with Crippen LogP contribution in [0.4, 0.5) is 10.9 Å². The number of anilines is 2. The Kier molecular flexibility index (Phi) is 5.68. The van der Waals surface area contributed by atoms with Crippen LogP contribution in [0.25, 0.3) is 0 Å². The summed E-state index contributed by atoms with van der Waals surface area (Å²) in [6.07, 6.45) is 4.94. The molecule has 4 aromatic rings. The zero-order valence-corrected chi connectivity index (χ0v) is 17.5. The molecule has 0 saturated heterocycles. The molecule has 3 heterocycles. The van der Waals surface area contributed by atoms with E-state index in [4.69, 9.17) is 9.15 Å². The molecule has 4 rings (SSSR count). The molecule has 28 heavy (non-hydrogen) atoms. The summed E-state index contributed by atoms with van der Waals surface area (Å²) in [5.74, 6) is 3.52. The fraction of sp³-hybridized carbons (Fsp3) is 0.150. The van der Waals surface area contributed by atoms with Gasteiger partial charge >= 0.3 is 0 Å². The quantitative estimate of drug-likeness (QED) is 0.372. The highest BCUT2D eigenvalue weighted by Gasteiger charge is 2.11. The number of aryl methyl sites for hydroxylation is 3. The van der Waals surface area contributed by atoms with Crippen molar-refractivity contribution < 1.29 is 9.15 Å². The van der Waals surface area contributed by atoms with Crippen LogP contribution in [0.15, 0.2) is 63.1 Å². The van der Waals surface area contributed by atoms with E-state index < -0.39 is 0 Å². The van der Waals surface area contributed by atoms with Crippen LogP contribution in [-0.4, -0.2) is 15.0 Å². The van der Waals surface area contributed by atoms with E-state index in [0.29, 0.717) is 11.6 Å². The van der Waals surface area contributed by atoms with Gasteiger partial charge < -0.3 is 14.5 Å². The van der Waals surface area contributed by atoms with E-state index in [-0.39, 0.29) is 0 Å². The first-order valence-electron chi connectivity index (χ1n) is 8.67. The maximum absolute atomic E-state index is 5.98. The Morgan fingerprint density at radius 3 is 2.79 bits per heavy atom. The van der Waals surface area contributed by atoms with Gasteiger partial charge in [-0.1, -0.05) is 18.2 Å². The number of oxazole rings is 1. The van der Waals surface area contributed by atoms with Crippen LogP contribution in [0.5, 0.6) is 11.5 Å². The molecule has 0 aliphatic carbocycles. The molecule has 0 fully saturated rings. The molecule has 0 radical (unpaired) electrons. The third kappa shape index (κ3) is 4.76. The fourth-order valence-corrected chi connectivity index (χ4v) is 3.59. The molecule has 8 heteroatoms. The molecule has 0 unspecified atom stereocenters. The van der Waals surface area contributed by atoms with Gasteiger partial charge in [-0.2, -0.15) is 0 Å². The Morgan fingerprint density at radius 1 is 1.14 bits per heavy atom. The Hall–Kier alpha value is -2.71. The second-order valence-corrected chi connectivity index (χ2v) is 7.82. The van der Waals surface area contributed by atoms with Crippen LogP contribution in [0.1, 0.15) is 17.3 Å². The SMILES string of the molecule is Cc1cnc(CCc2csc(Nc3ncc(Br)cc3Oc3ccccc3)n2)o1. The van der Waals surface area contributed by atoms with Crippen molar-refractivity contribution in [3.8, 4) is 11.5 Å². The molecule has 0 saturated carbocycles. The summed E-state index contributed by atoms with van der Waals surface area (Å²) in [5, 5.41) is 6.03. The van der Waals surface area contributed by atoms with Crippen LogP contribution >= 0.6 is 27.3 Å². The number of hydrogen-bond acceptors (Lipinski definition) is 7. The molecule has 0 spiro atoms. The number of halogens is 1. The molecule has 0 atom stereocenters. The van der Waals surface area contributed by atoms with Gasteiger partial charge in [0.1, 0.15) is 11.5 Å². The summed E-state index contributed by atoms with van der Waals surface area (Å²) < 4.78 is 12.3. The Balaban J connectivity index is 1.46. The summed E-state index contributed by atoms with van der Waals surface area (Å²) in [4.78, 5) is 13.3. The van der Waals surface area contributed by atoms with E-state index in [1.54, 1.807) is 12.4 Å². The van der Waals surface area contributed by atoms with Gasteiger partial charge in [-0.05, 0) is 41.4 Å². The van der Waals surface area contributed by atoms with Crippen LogP contribution in [0.2, 0.25) is 0 Å². The Bertz CT molecular complexity index is 1070. The van der Waals surface area contributed by atoms with Crippen molar-refractivity contribution in [2.24, 2.45) is 0 Å². The zero-order valence-electron chi connectivity index (χ0n) is 15.1. The smallest absolute Gasteiger partial charge is 0.194 e. The Morgan fingerprint density at radius 2 is 2.00 bits per heavy atom. The molecule has 1 aromatic carbocycles. The average molecular weight is 457 g/mol. The molecular formula is C20H17BrN4O2S. The van der Waals surface area contributed by atoms with Gasteiger partial charge in [0.25, 0.3) is 0 Å². The second kappa shape index (κ2) is 8.53. The van der Waals surface area contributed by atoms with Crippen molar-refractivity contribution in [1.29, 1.82) is 0 Å². The molecular weight excluding hydrogens is 440 g/mol. The van der Waals surface area contributed by atoms with Gasteiger partial charge in [0.2, 0.25) is 0 Å². The molecule has 0 amide bonds. The predicted octanol–water partition coefficient (Wildman–Crippen LogP) is 5.92. The number of aromatic nitrogens is 3. The van der Waals surface area contributed by atoms with E-state index in [2.05, 4.69) is 36.2 Å². The van der Waals surface area contributed by atoms with Gasteiger partial charge in [0.15, 0.2) is 22.6 Å². The van der Waals surface area contributed by atoms with Gasteiger partial charge in [-0.15, -0.1) is 11.3 Å². The molecule has 0 aliphatic heterocycles. The van der Waals surface area contributed by atoms with E-state index in [1.165, 1.54) is 11.3 Å². The molecule has 3 aromatic heterocycles. The van der Waals surface area contributed by atoms with Crippen molar-refractivity contribution in [2.75, 3.05) is 5.32 Å². The monoisotopic (exact) mass is 456 g/mol. The van der Waals surface area contributed by atoms with Crippen molar-refractivity contribution >= 4 is 38.2 Å². The van der Waals surface area contributed by atoms with Crippen LogP contribution < -0.4 is 10.1 Å². The Labute approximate surface area is 174 Å².